The second kappa shape index (κ2) is 6.65. The van der Waals surface area contributed by atoms with Gasteiger partial charge in [0.15, 0.2) is 0 Å². The molecule has 4 heteroatoms. The molecule has 0 unspecified atom stereocenters. The van der Waals surface area contributed by atoms with Crippen molar-refractivity contribution >= 4 is 33.1 Å². The Morgan fingerprint density at radius 1 is 0.960 bits per heavy atom. The Hall–Kier alpha value is -2.72. The molecule has 3 nitrogen and oxygen atoms in total. The molecule has 0 radical (unpaired) electrons. The van der Waals surface area contributed by atoms with E-state index < -0.39 is 0 Å². The topological polar surface area (TPSA) is 37.8 Å². The summed E-state index contributed by atoms with van der Waals surface area (Å²) < 4.78 is 0. The van der Waals surface area contributed by atoms with Gasteiger partial charge in [-0.25, -0.2) is 9.97 Å². The first-order chi connectivity index (χ1) is 12.2. The molecule has 2 heterocycles. The molecule has 0 amide bonds. The van der Waals surface area contributed by atoms with Gasteiger partial charge >= 0.3 is 0 Å². The van der Waals surface area contributed by atoms with Crippen molar-refractivity contribution in [3.63, 3.8) is 0 Å². The number of benzene rings is 2. The lowest BCUT2D eigenvalue weighted by molar-refractivity contribution is 1.10. The Labute approximate surface area is 151 Å². The third kappa shape index (κ3) is 3.26. The van der Waals surface area contributed by atoms with E-state index in [2.05, 4.69) is 76.8 Å². The minimum Gasteiger partial charge on any atom is -0.340 e. The van der Waals surface area contributed by atoms with Crippen LogP contribution in [0.3, 0.4) is 0 Å². The maximum Gasteiger partial charge on any atom is 0.142 e. The zero-order chi connectivity index (χ0) is 17.2. The molecule has 2 aromatic carbocycles. The minimum atomic E-state index is 0.779. The smallest absolute Gasteiger partial charge is 0.142 e. The maximum atomic E-state index is 4.63. The van der Waals surface area contributed by atoms with Gasteiger partial charge in [0.25, 0.3) is 0 Å². The van der Waals surface area contributed by atoms with Crippen LogP contribution >= 0.6 is 11.3 Å². The summed E-state index contributed by atoms with van der Waals surface area (Å²) in [4.78, 5) is 11.5. The number of nitrogens with one attached hydrogen (secondary N) is 1. The third-order valence-electron chi connectivity index (χ3n) is 4.19. The van der Waals surface area contributed by atoms with Gasteiger partial charge in [-0.05, 0) is 42.7 Å². The van der Waals surface area contributed by atoms with Crippen molar-refractivity contribution in [2.45, 2.75) is 20.3 Å². The van der Waals surface area contributed by atoms with Crippen LogP contribution in [0.25, 0.3) is 20.7 Å². The molecular formula is C21H19N3S. The first-order valence-corrected chi connectivity index (χ1v) is 9.24. The van der Waals surface area contributed by atoms with Crippen molar-refractivity contribution in [3.05, 3.63) is 72.1 Å². The summed E-state index contributed by atoms with van der Waals surface area (Å²) in [6.07, 6.45) is 1.04. The highest BCUT2D eigenvalue weighted by molar-refractivity contribution is 7.21. The highest BCUT2D eigenvalue weighted by Gasteiger charge is 2.12. The van der Waals surface area contributed by atoms with Gasteiger partial charge < -0.3 is 5.32 Å². The molecule has 2 aromatic heterocycles. The van der Waals surface area contributed by atoms with Gasteiger partial charge in [0.05, 0.1) is 5.39 Å². The van der Waals surface area contributed by atoms with Gasteiger partial charge in [-0.1, -0.05) is 49.4 Å². The van der Waals surface area contributed by atoms with Crippen LogP contribution < -0.4 is 5.32 Å². The molecule has 25 heavy (non-hydrogen) atoms. The summed E-state index contributed by atoms with van der Waals surface area (Å²) in [5, 5.41) is 4.52. The maximum absolute atomic E-state index is 4.63. The fourth-order valence-electron chi connectivity index (χ4n) is 2.83. The van der Waals surface area contributed by atoms with Crippen LogP contribution in [-0.2, 0) is 6.42 Å². The number of nitrogens with zero attached hydrogens (tertiary/aromatic N) is 2. The molecular weight excluding hydrogens is 326 g/mol. The van der Waals surface area contributed by atoms with Crippen LogP contribution in [0.15, 0.2) is 60.7 Å². The Kier molecular flexibility index (Phi) is 4.20. The zero-order valence-electron chi connectivity index (χ0n) is 14.3. The predicted octanol–water partition coefficient (Wildman–Crippen LogP) is 5.97. The van der Waals surface area contributed by atoms with Crippen molar-refractivity contribution in [2.75, 3.05) is 5.32 Å². The van der Waals surface area contributed by atoms with Crippen LogP contribution in [0.2, 0.25) is 0 Å². The Morgan fingerprint density at radius 3 is 2.44 bits per heavy atom. The number of aryl methyl sites for hydroxylation is 2. The molecule has 0 spiro atoms. The van der Waals surface area contributed by atoms with Crippen molar-refractivity contribution in [3.8, 4) is 10.4 Å². The second-order valence-electron chi connectivity index (χ2n) is 5.99. The van der Waals surface area contributed by atoms with E-state index >= 15 is 0 Å². The van der Waals surface area contributed by atoms with Crippen molar-refractivity contribution < 1.29 is 0 Å². The molecule has 1 N–H and O–H groups in total. The van der Waals surface area contributed by atoms with Gasteiger partial charge in [-0.15, -0.1) is 11.3 Å². The first-order valence-electron chi connectivity index (χ1n) is 8.42. The minimum absolute atomic E-state index is 0.779. The summed E-state index contributed by atoms with van der Waals surface area (Å²) in [7, 11) is 0. The fraction of sp³-hybridized carbons (Fsp3) is 0.143. The van der Waals surface area contributed by atoms with E-state index in [9.17, 15) is 0 Å². The first kappa shape index (κ1) is 15.8. The van der Waals surface area contributed by atoms with Crippen LogP contribution in [0.4, 0.5) is 11.5 Å². The molecule has 0 bridgehead atoms. The average Bonchev–Trinajstić information content (AvgIpc) is 3.07. The quantitative estimate of drug-likeness (QED) is 0.495. The van der Waals surface area contributed by atoms with Gasteiger partial charge in [-0.2, -0.15) is 0 Å². The summed E-state index contributed by atoms with van der Waals surface area (Å²) in [5.74, 6) is 1.65. The molecule has 0 aliphatic heterocycles. The summed E-state index contributed by atoms with van der Waals surface area (Å²) in [5.41, 5.74) is 3.59. The molecule has 0 saturated heterocycles. The summed E-state index contributed by atoms with van der Waals surface area (Å²) >= 11 is 1.70. The fourth-order valence-corrected chi connectivity index (χ4v) is 3.91. The standard InChI is InChI=1S/C21H19N3S/c1-3-15-9-11-17(12-10-15)24-20-18-13-19(16-7-5-4-6-8-16)25-21(18)23-14(2)22-20/h4-13H,3H2,1-2H3,(H,22,23,24). The molecule has 4 rings (SSSR count). The van der Waals surface area contributed by atoms with Crippen LogP contribution in [0, 0.1) is 6.92 Å². The Morgan fingerprint density at radius 2 is 1.72 bits per heavy atom. The normalized spacial score (nSPS) is 11.0. The lowest BCUT2D eigenvalue weighted by atomic mass is 10.1. The van der Waals surface area contributed by atoms with E-state index in [0.717, 1.165) is 34.0 Å². The number of aromatic nitrogens is 2. The molecule has 0 atom stereocenters. The number of thiophene rings is 1. The second-order valence-corrected chi connectivity index (χ2v) is 7.02. The average molecular weight is 345 g/mol. The van der Waals surface area contributed by atoms with E-state index in [0.29, 0.717) is 0 Å². The van der Waals surface area contributed by atoms with Gasteiger partial charge in [-0.3, -0.25) is 0 Å². The van der Waals surface area contributed by atoms with Crippen molar-refractivity contribution in [1.29, 1.82) is 0 Å². The molecule has 4 aromatic rings. The third-order valence-corrected chi connectivity index (χ3v) is 5.27. The molecule has 0 aliphatic rings. The zero-order valence-corrected chi connectivity index (χ0v) is 15.1. The lowest BCUT2D eigenvalue weighted by Crippen LogP contribution is -1.97. The Balaban J connectivity index is 1.76. The van der Waals surface area contributed by atoms with Crippen LogP contribution in [0.5, 0.6) is 0 Å². The highest BCUT2D eigenvalue weighted by atomic mass is 32.1. The van der Waals surface area contributed by atoms with Gasteiger partial charge in [0, 0.05) is 10.6 Å². The summed E-state index contributed by atoms with van der Waals surface area (Å²) in [6, 6.07) is 21.1. The van der Waals surface area contributed by atoms with E-state index in [1.165, 1.54) is 16.0 Å². The van der Waals surface area contributed by atoms with E-state index in [1.54, 1.807) is 11.3 Å². The number of hydrogen-bond donors (Lipinski definition) is 1. The van der Waals surface area contributed by atoms with E-state index in [-0.39, 0.29) is 0 Å². The van der Waals surface area contributed by atoms with Crippen molar-refractivity contribution in [1.82, 2.24) is 9.97 Å². The van der Waals surface area contributed by atoms with E-state index in [1.807, 2.05) is 13.0 Å². The number of rotatable bonds is 4. The predicted molar refractivity (Wildman–Crippen MR) is 107 cm³/mol. The van der Waals surface area contributed by atoms with Crippen molar-refractivity contribution in [2.24, 2.45) is 0 Å². The molecule has 0 aliphatic carbocycles. The highest BCUT2D eigenvalue weighted by Crippen LogP contribution is 2.36. The van der Waals surface area contributed by atoms with E-state index in [4.69, 9.17) is 0 Å². The number of anilines is 2. The summed E-state index contributed by atoms with van der Waals surface area (Å²) in [6.45, 7) is 4.10. The largest absolute Gasteiger partial charge is 0.340 e. The molecule has 124 valence electrons. The molecule has 0 saturated carbocycles. The molecule has 0 fully saturated rings. The Bertz CT molecular complexity index is 1000. The lowest BCUT2D eigenvalue weighted by Gasteiger charge is -2.08. The van der Waals surface area contributed by atoms with Gasteiger partial charge in [0.1, 0.15) is 16.5 Å². The van der Waals surface area contributed by atoms with Crippen LogP contribution in [-0.4, -0.2) is 9.97 Å². The SMILES string of the molecule is CCc1ccc(Nc2nc(C)nc3sc(-c4ccccc4)cc23)cc1. The number of hydrogen-bond acceptors (Lipinski definition) is 4. The number of fused-ring (bicyclic) bond motifs is 1. The monoisotopic (exact) mass is 345 g/mol. The van der Waals surface area contributed by atoms with Gasteiger partial charge in [0.2, 0.25) is 0 Å². The van der Waals surface area contributed by atoms with Crippen LogP contribution in [0.1, 0.15) is 18.3 Å².